The summed E-state index contributed by atoms with van der Waals surface area (Å²) in [5, 5.41) is 9.75. The maximum Gasteiger partial charge on any atom is 0.233 e. The van der Waals surface area contributed by atoms with Crippen molar-refractivity contribution in [3.63, 3.8) is 0 Å². The van der Waals surface area contributed by atoms with Gasteiger partial charge in [0.1, 0.15) is 5.82 Å². The highest BCUT2D eigenvalue weighted by Crippen LogP contribution is 2.26. The predicted molar refractivity (Wildman–Crippen MR) is 125 cm³/mol. The van der Waals surface area contributed by atoms with Crippen molar-refractivity contribution < 1.29 is 4.79 Å². The minimum absolute atomic E-state index is 0.165. The molecule has 1 aliphatic heterocycles. The minimum atomic E-state index is 0.165. The van der Waals surface area contributed by atoms with E-state index in [9.17, 15) is 4.79 Å². The summed E-state index contributed by atoms with van der Waals surface area (Å²) in [5.74, 6) is 1.42. The van der Waals surface area contributed by atoms with E-state index in [1.165, 1.54) is 28.5 Å². The van der Waals surface area contributed by atoms with E-state index in [0.717, 1.165) is 42.8 Å². The van der Waals surface area contributed by atoms with Crippen LogP contribution in [0.3, 0.4) is 0 Å². The molecule has 0 N–H and O–H groups in total. The highest BCUT2D eigenvalue weighted by molar-refractivity contribution is 7.99. The number of piperazine rings is 1. The van der Waals surface area contributed by atoms with Gasteiger partial charge in [-0.1, -0.05) is 59.8 Å². The van der Waals surface area contributed by atoms with Crippen LogP contribution in [-0.2, 0) is 11.2 Å². The van der Waals surface area contributed by atoms with Crippen LogP contribution in [0.4, 0.5) is 0 Å². The number of rotatable bonds is 6. The van der Waals surface area contributed by atoms with E-state index in [0.29, 0.717) is 12.2 Å². The lowest BCUT2D eigenvalue weighted by Crippen LogP contribution is -2.47. The number of hydrogen-bond donors (Lipinski definition) is 0. The van der Waals surface area contributed by atoms with Gasteiger partial charge in [0.15, 0.2) is 5.16 Å². The van der Waals surface area contributed by atoms with Gasteiger partial charge in [-0.2, -0.15) is 0 Å². The van der Waals surface area contributed by atoms with Crippen molar-refractivity contribution >= 4 is 17.7 Å². The Morgan fingerprint density at radius 2 is 1.74 bits per heavy atom. The SMILES string of the molecule is Cc1ccc(-n2c(Cc3ccccc3)nnc2SCC(=O)N2CCN(C)CC2)c(C)c1. The predicted octanol–water partition coefficient (Wildman–Crippen LogP) is 3.34. The third-order valence-electron chi connectivity index (χ3n) is 5.68. The summed E-state index contributed by atoms with van der Waals surface area (Å²) < 4.78 is 2.11. The molecule has 6 nitrogen and oxygen atoms in total. The van der Waals surface area contributed by atoms with Crippen LogP contribution < -0.4 is 0 Å². The van der Waals surface area contributed by atoms with Crippen molar-refractivity contribution in [1.82, 2.24) is 24.6 Å². The van der Waals surface area contributed by atoms with E-state index in [4.69, 9.17) is 0 Å². The van der Waals surface area contributed by atoms with E-state index in [1.807, 2.05) is 23.1 Å². The first kappa shape index (κ1) is 21.6. The van der Waals surface area contributed by atoms with Gasteiger partial charge in [0.05, 0.1) is 11.4 Å². The fourth-order valence-corrected chi connectivity index (χ4v) is 4.72. The largest absolute Gasteiger partial charge is 0.339 e. The second-order valence-electron chi connectivity index (χ2n) is 8.16. The maximum atomic E-state index is 12.8. The molecule has 0 unspecified atom stereocenters. The van der Waals surface area contributed by atoms with Crippen molar-refractivity contribution in [2.45, 2.75) is 25.4 Å². The van der Waals surface area contributed by atoms with Gasteiger partial charge in [0.2, 0.25) is 5.91 Å². The molecule has 3 aromatic rings. The number of carbonyl (C=O) groups is 1. The Morgan fingerprint density at radius 1 is 1.00 bits per heavy atom. The maximum absolute atomic E-state index is 12.8. The Morgan fingerprint density at radius 3 is 2.45 bits per heavy atom. The van der Waals surface area contributed by atoms with Crippen LogP contribution in [-0.4, -0.2) is 69.5 Å². The fraction of sp³-hybridized carbons (Fsp3) is 0.375. The van der Waals surface area contributed by atoms with Gasteiger partial charge < -0.3 is 9.80 Å². The van der Waals surface area contributed by atoms with Gasteiger partial charge in [-0.3, -0.25) is 9.36 Å². The number of carbonyl (C=O) groups excluding carboxylic acids is 1. The number of benzene rings is 2. The standard InChI is InChI=1S/C24H29N5OS/c1-18-9-10-21(19(2)15-18)29-22(16-20-7-5-4-6-8-20)25-26-24(29)31-17-23(30)28-13-11-27(3)12-14-28/h4-10,15H,11-14,16-17H2,1-3H3. The molecule has 1 aliphatic rings. The zero-order valence-corrected chi connectivity index (χ0v) is 19.2. The first-order chi connectivity index (χ1) is 15.0. The molecule has 1 amide bonds. The molecule has 0 radical (unpaired) electrons. The Kier molecular flexibility index (Phi) is 6.73. The van der Waals surface area contributed by atoms with Crippen LogP contribution in [0, 0.1) is 13.8 Å². The van der Waals surface area contributed by atoms with Crippen molar-refractivity contribution in [2.75, 3.05) is 39.0 Å². The van der Waals surface area contributed by atoms with Gasteiger partial charge in [-0.25, -0.2) is 0 Å². The van der Waals surface area contributed by atoms with Gasteiger partial charge in [-0.15, -0.1) is 10.2 Å². The summed E-state index contributed by atoms with van der Waals surface area (Å²) in [6, 6.07) is 16.7. The first-order valence-corrected chi connectivity index (χ1v) is 11.6. The van der Waals surface area contributed by atoms with Gasteiger partial charge in [0, 0.05) is 32.6 Å². The topological polar surface area (TPSA) is 54.3 Å². The minimum Gasteiger partial charge on any atom is -0.339 e. The number of aryl methyl sites for hydroxylation is 2. The number of nitrogens with zero attached hydrogens (tertiary/aromatic N) is 5. The lowest BCUT2D eigenvalue weighted by atomic mass is 10.1. The molecule has 0 aliphatic carbocycles. The number of hydrogen-bond acceptors (Lipinski definition) is 5. The van der Waals surface area contributed by atoms with Crippen LogP contribution in [0.25, 0.3) is 5.69 Å². The molecule has 2 heterocycles. The van der Waals surface area contributed by atoms with Crippen molar-refractivity contribution in [3.8, 4) is 5.69 Å². The van der Waals surface area contributed by atoms with Crippen molar-refractivity contribution in [2.24, 2.45) is 0 Å². The summed E-state index contributed by atoms with van der Waals surface area (Å²) >= 11 is 1.47. The van der Waals surface area contributed by atoms with Crippen molar-refractivity contribution in [3.05, 3.63) is 71.0 Å². The molecule has 7 heteroatoms. The van der Waals surface area contributed by atoms with Crippen LogP contribution in [0.1, 0.15) is 22.5 Å². The molecular formula is C24H29N5OS. The lowest BCUT2D eigenvalue weighted by molar-refractivity contribution is -0.129. The van der Waals surface area contributed by atoms with E-state index in [1.54, 1.807) is 0 Å². The molecule has 0 saturated carbocycles. The average molecular weight is 436 g/mol. The Bertz CT molecular complexity index is 1040. The number of amides is 1. The molecule has 0 atom stereocenters. The fourth-order valence-electron chi connectivity index (χ4n) is 3.86. The van der Waals surface area contributed by atoms with Crippen LogP contribution in [0.15, 0.2) is 53.7 Å². The second-order valence-corrected chi connectivity index (χ2v) is 9.10. The molecule has 2 aromatic carbocycles. The third kappa shape index (κ3) is 5.17. The molecule has 0 spiro atoms. The van der Waals surface area contributed by atoms with E-state index >= 15 is 0 Å². The van der Waals surface area contributed by atoms with E-state index < -0.39 is 0 Å². The highest BCUT2D eigenvalue weighted by atomic mass is 32.2. The monoisotopic (exact) mass is 435 g/mol. The molecule has 1 fully saturated rings. The summed E-state index contributed by atoms with van der Waals surface area (Å²) in [7, 11) is 2.09. The third-order valence-corrected chi connectivity index (χ3v) is 6.59. The molecule has 31 heavy (non-hydrogen) atoms. The lowest BCUT2D eigenvalue weighted by Gasteiger charge is -2.32. The summed E-state index contributed by atoms with van der Waals surface area (Å²) in [6.07, 6.45) is 0.689. The summed E-state index contributed by atoms with van der Waals surface area (Å²) in [6.45, 7) is 7.64. The second kappa shape index (κ2) is 9.66. The summed E-state index contributed by atoms with van der Waals surface area (Å²) in [4.78, 5) is 17.0. The Labute approximate surface area is 188 Å². The molecular weight excluding hydrogens is 406 g/mol. The van der Waals surface area contributed by atoms with Crippen LogP contribution in [0.5, 0.6) is 0 Å². The van der Waals surface area contributed by atoms with Crippen LogP contribution in [0.2, 0.25) is 0 Å². The van der Waals surface area contributed by atoms with E-state index in [2.05, 4.69) is 70.9 Å². The molecule has 0 bridgehead atoms. The van der Waals surface area contributed by atoms with Gasteiger partial charge >= 0.3 is 0 Å². The number of thioether (sulfide) groups is 1. The van der Waals surface area contributed by atoms with Crippen LogP contribution >= 0.6 is 11.8 Å². The number of likely N-dealkylation sites (N-methyl/N-ethyl adjacent to an activating group) is 1. The Balaban J connectivity index is 1.59. The molecule has 4 rings (SSSR count). The van der Waals surface area contributed by atoms with E-state index in [-0.39, 0.29) is 5.91 Å². The van der Waals surface area contributed by atoms with Gasteiger partial charge in [-0.05, 0) is 38.1 Å². The quantitative estimate of drug-likeness (QED) is 0.556. The zero-order valence-electron chi connectivity index (χ0n) is 18.4. The smallest absolute Gasteiger partial charge is 0.233 e. The van der Waals surface area contributed by atoms with Gasteiger partial charge in [0.25, 0.3) is 0 Å². The van der Waals surface area contributed by atoms with Crippen molar-refractivity contribution in [1.29, 1.82) is 0 Å². The highest BCUT2D eigenvalue weighted by Gasteiger charge is 2.22. The first-order valence-electron chi connectivity index (χ1n) is 10.7. The molecule has 1 saturated heterocycles. The Hall–Kier alpha value is -2.64. The average Bonchev–Trinajstić information content (AvgIpc) is 3.15. The number of aromatic nitrogens is 3. The summed E-state index contributed by atoms with van der Waals surface area (Å²) in [5.41, 5.74) is 4.64. The molecule has 1 aromatic heterocycles. The normalized spacial score (nSPS) is 14.7. The molecule has 162 valence electrons. The zero-order chi connectivity index (χ0) is 21.8.